The van der Waals surface area contributed by atoms with E-state index in [1.165, 1.54) is 16.8 Å². The number of nitrogens with zero attached hydrogens (tertiary/aromatic N) is 2. The minimum absolute atomic E-state index is 0.540. The van der Waals surface area contributed by atoms with E-state index >= 15 is 0 Å². The molecular weight excluding hydrogens is 270 g/mol. The van der Waals surface area contributed by atoms with Gasteiger partial charge in [-0.3, -0.25) is 4.99 Å². The fourth-order valence-electron chi connectivity index (χ4n) is 2.98. The second kappa shape index (κ2) is 9.62. The van der Waals surface area contributed by atoms with Crippen molar-refractivity contribution in [3.05, 3.63) is 35.2 Å². The molecule has 1 rings (SSSR count). The van der Waals surface area contributed by atoms with E-state index < -0.39 is 0 Å². The maximum Gasteiger partial charge on any atom is 0.0464 e. The molecule has 124 valence electrons. The predicted molar refractivity (Wildman–Crippen MR) is 98.3 cm³/mol. The highest BCUT2D eigenvalue weighted by Gasteiger charge is 2.20. The standard InChI is InChI=1S/C19H33N3/c1-7-10-11-21-16(5)19(18(8-2)9-3)17(6)22-13-12-20-15(4)14-22/h8,10-11,15,20H,7,9,12-14H2,1-6H3/b11-10+,18-8-,19-17-,21-16+. The van der Waals surface area contributed by atoms with E-state index in [2.05, 4.69) is 68.9 Å². The lowest BCUT2D eigenvalue weighted by Crippen LogP contribution is -2.48. The molecule has 3 heteroatoms. The van der Waals surface area contributed by atoms with Crippen molar-refractivity contribution in [3.8, 4) is 0 Å². The minimum Gasteiger partial charge on any atom is -0.372 e. The molecule has 1 unspecified atom stereocenters. The summed E-state index contributed by atoms with van der Waals surface area (Å²) in [6.07, 6.45) is 8.33. The number of hydrogen-bond donors (Lipinski definition) is 1. The minimum atomic E-state index is 0.540. The molecule has 0 bridgehead atoms. The number of hydrogen-bond acceptors (Lipinski definition) is 3. The zero-order valence-electron chi connectivity index (χ0n) is 15.2. The number of aliphatic imine (C=N–C) groups is 1. The Balaban J connectivity index is 3.20. The van der Waals surface area contributed by atoms with E-state index in [1.807, 2.05) is 6.20 Å². The van der Waals surface area contributed by atoms with Crippen molar-refractivity contribution in [3.63, 3.8) is 0 Å². The fraction of sp³-hybridized carbons (Fsp3) is 0.632. The van der Waals surface area contributed by atoms with Crippen molar-refractivity contribution in [2.24, 2.45) is 4.99 Å². The third kappa shape index (κ3) is 5.13. The van der Waals surface area contributed by atoms with Crippen LogP contribution in [0.5, 0.6) is 0 Å². The van der Waals surface area contributed by atoms with Crippen molar-refractivity contribution in [2.45, 2.75) is 60.4 Å². The molecule has 0 spiro atoms. The van der Waals surface area contributed by atoms with Gasteiger partial charge in [-0.2, -0.15) is 0 Å². The Morgan fingerprint density at radius 1 is 1.32 bits per heavy atom. The monoisotopic (exact) mass is 303 g/mol. The predicted octanol–water partition coefficient (Wildman–Crippen LogP) is 4.30. The van der Waals surface area contributed by atoms with Crippen LogP contribution >= 0.6 is 0 Å². The molecule has 0 aromatic rings. The first-order chi connectivity index (χ1) is 10.5. The average molecular weight is 303 g/mol. The summed E-state index contributed by atoms with van der Waals surface area (Å²) in [5.74, 6) is 0. The van der Waals surface area contributed by atoms with Crippen LogP contribution in [0.1, 0.15) is 54.4 Å². The molecule has 1 aliphatic rings. The van der Waals surface area contributed by atoms with E-state index in [0.717, 1.165) is 38.2 Å². The number of piperazine rings is 1. The molecule has 1 heterocycles. The number of nitrogens with one attached hydrogen (secondary N) is 1. The second-order valence-electron chi connectivity index (χ2n) is 5.94. The normalized spacial score (nSPS) is 22.3. The molecule has 0 amide bonds. The van der Waals surface area contributed by atoms with Crippen LogP contribution in [0.15, 0.2) is 40.2 Å². The topological polar surface area (TPSA) is 27.6 Å². The SMILES string of the molecule is C\C=C(CC)/C(C(/C)=N/C=C/CC)=C(/C)N1CCNC(C)C1. The van der Waals surface area contributed by atoms with Gasteiger partial charge in [0.15, 0.2) is 0 Å². The summed E-state index contributed by atoms with van der Waals surface area (Å²) in [5.41, 5.74) is 5.17. The van der Waals surface area contributed by atoms with E-state index in [9.17, 15) is 0 Å². The van der Waals surface area contributed by atoms with Crippen LogP contribution in [0, 0.1) is 0 Å². The van der Waals surface area contributed by atoms with Crippen LogP contribution in [-0.4, -0.2) is 36.3 Å². The zero-order valence-corrected chi connectivity index (χ0v) is 15.2. The van der Waals surface area contributed by atoms with Crippen molar-refractivity contribution in [2.75, 3.05) is 19.6 Å². The third-order valence-corrected chi connectivity index (χ3v) is 4.23. The molecular formula is C19H33N3. The quantitative estimate of drug-likeness (QED) is 0.585. The van der Waals surface area contributed by atoms with Gasteiger partial charge in [0, 0.05) is 48.9 Å². The van der Waals surface area contributed by atoms with Gasteiger partial charge in [-0.25, -0.2) is 0 Å². The Morgan fingerprint density at radius 2 is 2.05 bits per heavy atom. The van der Waals surface area contributed by atoms with Gasteiger partial charge in [-0.15, -0.1) is 0 Å². The van der Waals surface area contributed by atoms with Gasteiger partial charge in [-0.05, 0) is 46.1 Å². The Hall–Kier alpha value is -1.35. The molecule has 0 radical (unpaired) electrons. The molecule has 1 aliphatic heterocycles. The molecule has 1 N–H and O–H groups in total. The van der Waals surface area contributed by atoms with Gasteiger partial charge in [0.2, 0.25) is 0 Å². The average Bonchev–Trinajstić information content (AvgIpc) is 2.52. The van der Waals surface area contributed by atoms with Crippen molar-refractivity contribution < 1.29 is 0 Å². The smallest absolute Gasteiger partial charge is 0.0464 e. The molecule has 1 saturated heterocycles. The van der Waals surface area contributed by atoms with E-state index in [1.54, 1.807) is 0 Å². The first-order valence-electron chi connectivity index (χ1n) is 8.59. The largest absolute Gasteiger partial charge is 0.372 e. The van der Waals surface area contributed by atoms with E-state index in [0.29, 0.717) is 6.04 Å². The Bertz CT molecular complexity index is 469. The number of rotatable bonds is 6. The van der Waals surface area contributed by atoms with Crippen molar-refractivity contribution >= 4 is 5.71 Å². The van der Waals surface area contributed by atoms with Gasteiger partial charge < -0.3 is 10.2 Å². The number of allylic oxidation sites excluding steroid dienone is 5. The molecule has 0 aliphatic carbocycles. The molecule has 3 nitrogen and oxygen atoms in total. The van der Waals surface area contributed by atoms with Crippen LogP contribution in [-0.2, 0) is 0 Å². The molecule has 22 heavy (non-hydrogen) atoms. The van der Waals surface area contributed by atoms with Gasteiger partial charge in [0.25, 0.3) is 0 Å². The Kier molecular flexibility index (Phi) is 8.18. The first kappa shape index (κ1) is 18.7. The summed E-state index contributed by atoms with van der Waals surface area (Å²) >= 11 is 0. The Morgan fingerprint density at radius 3 is 2.59 bits per heavy atom. The Labute approximate surface area is 136 Å². The second-order valence-corrected chi connectivity index (χ2v) is 5.94. The summed E-state index contributed by atoms with van der Waals surface area (Å²) < 4.78 is 0. The van der Waals surface area contributed by atoms with Crippen LogP contribution in [0.2, 0.25) is 0 Å². The van der Waals surface area contributed by atoms with Crippen LogP contribution < -0.4 is 5.32 Å². The summed E-state index contributed by atoms with van der Waals surface area (Å²) in [5, 5.41) is 3.51. The summed E-state index contributed by atoms with van der Waals surface area (Å²) in [6.45, 7) is 16.3. The third-order valence-electron chi connectivity index (χ3n) is 4.23. The summed E-state index contributed by atoms with van der Waals surface area (Å²) in [6, 6.07) is 0.540. The first-order valence-corrected chi connectivity index (χ1v) is 8.59. The van der Waals surface area contributed by atoms with Crippen molar-refractivity contribution in [1.29, 1.82) is 0 Å². The van der Waals surface area contributed by atoms with Gasteiger partial charge in [0.1, 0.15) is 0 Å². The molecule has 0 saturated carbocycles. The molecule has 0 aromatic carbocycles. The maximum absolute atomic E-state index is 4.66. The highest BCUT2D eigenvalue weighted by atomic mass is 15.2. The zero-order chi connectivity index (χ0) is 16.5. The van der Waals surface area contributed by atoms with Gasteiger partial charge >= 0.3 is 0 Å². The van der Waals surface area contributed by atoms with Crippen molar-refractivity contribution in [1.82, 2.24) is 10.2 Å². The lowest BCUT2D eigenvalue weighted by Gasteiger charge is -2.35. The summed E-state index contributed by atoms with van der Waals surface area (Å²) in [4.78, 5) is 7.16. The van der Waals surface area contributed by atoms with Crippen LogP contribution in [0.3, 0.4) is 0 Å². The van der Waals surface area contributed by atoms with Gasteiger partial charge in [-0.1, -0.05) is 26.0 Å². The molecule has 1 atom stereocenters. The highest BCUT2D eigenvalue weighted by Crippen LogP contribution is 2.23. The highest BCUT2D eigenvalue weighted by molar-refractivity contribution is 6.03. The van der Waals surface area contributed by atoms with Gasteiger partial charge in [0.05, 0.1) is 0 Å². The fourth-order valence-corrected chi connectivity index (χ4v) is 2.98. The van der Waals surface area contributed by atoms with Crippen LogP contribution in [0.25, 0.3) is 0 Å². The van der Waals surface area contributed by atoms with E-state index in [4.69, 9.17) is 0 Å². The molecule has 1 fully saturated rings. The molecule has 0 aromatic heterocycles. The lowest BCUT2D eigenvalue weighted by molar-refractivity contribution is 0.255. The van der Waals surface area contributed by atoms with E-state index in [-0.39, 0.29) is 0 Å². The lowest BCUT2D eigenvalue weighted by atomic mass is 9.96. The van der Waals surface area contributed by atoms with Crippen LogP contribution in [0.4, 0.5) is 0 Å². The maximum atomic E-state index is 4.66. The summed E-state index contributed by atoms with van der Waals surface area (Å²) in [7, 11) is 0.